The lowest BCUT2D eigenvalue weighted by molar-refractivity contribution is -0.137. The molecule has 0 radical (unpaired) electrons. The molecule has 1 aromatic heterocycles. The summed E-state index contributed by atoms with van der Waals surface area (Å²) in [6, 6.07) is 10.2. The van der Waals surface area contributed by atoms with E-state index < -0.39 is 11.7 Å². The summed E-state index contributed by atoms with van der Waals surface area (Å²) in [5, 5.41) is 3.53. The van der Waals surface area contributed by atoms with Crippen LogP contribution in [0.15, 0.2) is 47.3 Å². The predicted octanol–water partition coefficient (Wildman–Crippen LogP) is 3.68. The topological polar surface area (TPSA) is 37.3 Å². The number of aromatic nitrogens is 1. The van der Waals surface area contributed by atoms with Crippen molar-refractivity contribution < 1.29 is 13.2 Å². The third kappa shape index (κ3) is 3.58. The summed E-state index contributed by atoms with van der Waals surface area (Å²) in [6.45, 7) is 2.08. The molecule has 0 saturated carbocycles. The number of hydrogen-bond acceptors (Lipinski definition) is 2. The van der Waals surface area contributed by atoms with E-state index in [0.29, 0.717) is 29.8 Å². The molecular formula is C19H18F3N3OS. The van der Waals surface area contributed by atoms with E-state index in [2.05, 4.69) is 5.32 Å². The molecule has 3 heterocycles. The van der Waals surface area contributed by atoms with Crippen molar-refractivity contribution in [1.29, 1.82) is 0 Å². The Hall–Kier alpha value is -2.35. The van der Waals surface area contributed by atoms with Gasteiger partial charge in [-0.2, -0.15) is 13.2 Å². The summed E-state index contributed by atoms with van der Waals surface area (Å²) in [5.74, 6) is 0.544. The number of thiocarbonyl (C=S) groups is 1. The van der Waals surface area contributed by atoms with E-state index in [-0.39, 0.29) is 11.5 Å². The molecule has 27 heavy (non-hydrogen) atoms. The first kappa shape index (κ1) is 18.0. The number of likely N-dealkylation sites (tertiary alicyclic amines) is 1. The van der Waals surface area contributed by atoms with Gasteiger partial charge in [0.15, 0.2) is 5.11 Å². The van der Waals surface area contributed by atoms with Gasteiger partial charge in [-0.1, -0.05) is 6.07 Å². The summed E-state index contributed by atoms with van der Waals surface area (Å²) in [5.41, 5.74) is 0.899. The van der Waals surface area contributed by atoms with E-state index in [1.54, 1.807) is 12.1 Å². The number of piperidine rings is 1. The first-order valence-electron chi connectivity index (χ1n) is 8.74. The van der Waals surface area contributed by atoms with Crippen LogP contribution in [0.3, 0.4) is 0 Å². The maximum atomic E-state index is 12.7. The monoisotopic (exact) mass is 393 g/mol. The zero-order chi connectivity index (χ0) is 19.2. The minimum Gasteiger partial charge on any atom is -0.348 e. The smallest absolute Gasteiger partial charge is 0.348 e. The van der Waals surface area contributed by atoms with Crippen molar-refractivity contribution in [2.75, 3.05) is 18.4 Å². The van der Waals surface area contributed by atoms with Gasteiger partial charge in [0.25, 0.3) is 5.56 Å². The second kappa shape index (κ2) is 6.67. The normalized spacial score (nSPS) is 21.5. The zero-order valence-electron chi connectivity index (χ0n) is 14.4. The van der Waals surface area contributed by atoms with Crippen LogP contribution in [0.5, 0.6) is 0 Å². The Kier molecular flexibility index (Phi) is 4.46. The lowest BCUT2D eigenvalue weighted by atomic mass is 9.83. The van der Waals surface area contributed by atoms with Crippen molar-refractivity contribution >= 4 is 23.0 Å². The third-order valence-corrected chi connectivity index (χ3v) is 5.59. The number of pyridine rings is 1. The summed E-state index contributed by atoms with van der Waals surface area (Å²) in [4.78, 5) is 14.1. The Labute approximate surface area is 159 Å². The highest BCUT2D eigenvalue weighted by molar-refractivity contribution is 7.80. The number of hydrogen-bond donors (Lipinski definition) is 1. The quantitative estimate of drug-likeness (QED) is 0.750. The van der Waals surface area contributed by atoms with Crippen LogP contribution in [0.2, 0.25) is 0 Å². The molecule has 4 rings (SSSR count). The average Bonchev–Trinajstić information content (AvgIpc) is 2.62. The van der Waals surface area contributed by atoms with E-state index in [0.717, 1.165) is 30.8 Å². The molecular weight excluding hydrogens is 375 g/mol. The first-order chi connectivity index (χ1) is 12.8. The van der Waals surface area contributed by atoms with Crippen LogP contribution >= 0.6 is 12.2 Å². The van der Waals surface area contributed by atoms with Crippen molar-refractivity contribution in [2.45, 2.75) is 25.1 Å². The lowest BCUT2D eigenvalue weighted by Gasteiger charge is -2.43. The Bertz CT molecular complexity index is 923. The number of nitrogens with one attached hydrogen (secondary N) is 1. The van der Waals surface area contributed by atoms with Gasteiger partial charge in [0.2, 0.25) is 0 Å². The molecule has 142 valence electrons. The highest BCUT2D eigenvalue weighted by atomic mass is 32.1. The molecule has 1 N–H and O–H groups in total. The molecule has 2 aliphatic heterocycles. The van der Waals surface area contributed by atoms with Gasteiger partial charge in [0.1, 0.15) is 0 Å². The largest absolute Gasteiger partial charge is 0.416 e. The van der Waals surface area contributed by atoms with Crippen LogP contribution in [0, 0.1) is 5.92 Å². The van der Waals surface area contributed by atoms with E-state index in [9.17, 15) is 18.0 Å². The van der Waals surface area contributed by atoms with Gasteiger partial charge in [-0.05, 0) is 54.9 Å². The fourth-order valence-electron chi connectivity index (χ4n) is 4.01. The number of halogens is 3. The Morgan fingerprint density at radius 3 is 2.52 bits per heavy atom. The van der Waals surface area contributed by atoms with Crippen molar-refractivity contribution in [3.05, 3.63) is 64.1 Å². The van der Waals surface area contributed by atoms with E-state index in [4.69, 9.17) is 12.2 Å². The molecule has 4 nitrogen and oxygen atoms in total. The Morgan fingerprint density at radius 1 is 1.07 bits per heavy atom. The summed E-state index contributed by atoms with van der Waals surface area (Å²) in [6.07, 6.45) is -3.34. The Morgan fingerprint density at radius 2 is 1.81 bits per heavy atom. The second-order valence-corrected chi connectivity index (χ2v) is 7.50. The van der Waals surface area contributed by atoms with Crippen LogP contribution in [0.1, 0.15) is 23.6 Å². The lowest BCUT2D eigenvalue weighted by Crippen LogP contribution is -2.50. The van der Waals surface area contributed by atoms with Crippen molar-refractivity contribution in [3.8, 4) is 0 Å². The molecule has 1 fully saturated rings. The SMILES string of the molecule is O=c1cccc2n1C[C@@H]1C[C@H]2CN(C(=S)Nc2ccc(C(F)(F)F)cc2)C1. The van der Waals surface area contributed by atoms with Crippen molar-refractivity contribution in [2.24, 2.45) is 5.92 Å². The number of rotatable bonds is 1. The van der Waals surface area contributed by atoms with E-state index in [1.807, 2.05) is 15.5 Å². The number of alkyl halides is 3. The standard InChI is InChI=1S/C19H18F3N3OS/c20-19(21,22)14-4-6-15(7-5-14)23-18(27)24-9-12-8-13(11-24)16-2-1-3-17(26)25(16)10-12/h1-7,12-13H,8-11H2,(H,23,27)/t12-,13+/m1/s1. The fraction of sp³-hybridized carbons (Fsp3) is 0.368. The van der Waals surface area contributed by atoms with Gasteiger partial charge < -0.3 is 14.8 Å². The highest BCUT2D eigenvalue weighted by Gasteiger charge is 2.35. The van der Waals surface area contributed by atoms with Crippen LogP contribution in [-0.4, -0.2) is 27.7 Å². The molecule has 0 aliphatic carbocycles. The number of benzene rings is 1. The van der Waals surface area contributed by atoms with Crippen molar-refractivity contribution in [1.82, 2.24) is 9.47 Å². The molecule has 0 unspecified atom stereocenters. The molecule has 1 saturated heterocycles. The van der Waals surface area contributed by atoms with Crippen LogP contribution in [0.4, 0.5) is 18.9 Å². The molecule has 8 heteroatoms. The van der Waals surface area contributed by atoms with Gasteiger partial charge >= 0.3 is 6.18 Å². The summed E-state index contributed by atoms with van der Waals surface area (Å²) >= 11 is 5.49. The van der Waals surface area contributed by atoms with E-state index in [1.165, 1.54) is 12.1 Å². The van der Waals surface area contributed by atoms with Gasteiger partial charge in [-0.15, -0.1) is 0 Å². The van der Waals surface area contributed by atoms with Crippen molar-refractivity contribution in [3.63, 3.8) is 0 Å². The second-order valence-electron chi connectivity index (χ2n) is 7.11. The molecule has 0 spiro atoms. The van der Waals surface area contributed by atoms with Gasteiger partial charge in [0.05, 0.1) is 5.56 Å². The maximum Gasteiger partial charge on any atom is 0.416 e. The average molecular weight is 393 g/mol. The zero-order valence-corrected chi connectivity index (χ0v) is 15.2. The highest BCUT2D eigenvalue weighted by Crippen LogP contribution is 2.35. The van der Waals surface area contributed by atoms with Crippen LogP contribution in [0.25, 0.3) is 0 Å². The van der Waals surface area contributed by atoms with Gasteiger partial charge in [-0.25, -0.2) is 0 Å². The van der Waals surface area contributed by atoms with E-state index >= 15 is 0 Å². The number of fused-ring (bicyclic) bond motifs is 4. The number of nitrogens with zero attached hydrogens (tertiary/aromatic N) is 2. The first-order valence-corrected chi connectivity index (χ1v) is 9.15. The third-order valence-electron chi connectivity index (χ3n) is 5.23. The molecule has 2 aromatic rings. The molecule has 2 atom stereocenters. The predicted molar refractivity (Wildman–Crippen MR) is 101 cm³/mol. The van der Waals surface area contributed by atoms with Crippen LogP contribution in [-0.2, 0) is 12.7 Å². The molecule has 0 amide bonds. The fourth-order valence-corrected chi connectivity index (χ4v) is 4.27. The number of anilines is 1. The summed E-state index contributed by atoms with van der Waals surface area (Å²) in [7, 11) is 0. The van der Waals surface area contributed by atoms with Gasteiger partial charge in [0, 0.05) is 43.0 Å². The maximum absolute atomic E-state index is 12.7. The summed E-state index contributed by atoms with van der Waals surface area (Å²) < 4.78 is 39.9. The minimum absolute atomic E-state index is 0.0288. The van der Waals surface area contributed by atoms with Gasteiger partial charge in [-0.3, -0.25) is 4.79 Å². The van der Waals surface area contributed by atoms with Crippen LogP contribution < -0.4 is 10.9 Å². The molecule has 1 aromatic carbocycles. The molecule has 2 bridgehead atoms. The minimum atomic E-state index is -4.35. The molecule has 2 aliphatic rings. The Balaban J connectivity index is 1.47.